The minimum atomic E-state index is 0.589. The molecule has 1 aliphatic heterocycles. The maximum atomic E-state index is 4.02. The third kappa shape index (κ3) is 4.42. The molecule has 0 amide bonds. The van der Waals surface area contributed by atoms with Crippen LogP contribution in [0.15, 0.2) is 24.5 Å². The van der Waals surface area contributed by atoms with Gasteiger partial charge in [0, 0.05) is 44.6 Å². The van der Waals surface area contributed by atoms with Crippen molar-refractivity contribution in [1.29, 1.82) is 0 Å². The summed E-state index contributed by atoms with van der Waals surface area (Å²) in [6, 6.07) is 4.74. The van der Waals surface area contributed by atoms with Crippen LogP contribution in [-0.2, 0) is 6.42 Å². The standard InChI is InChI=1S/C13H22N4/c1-17-9-8-16-13(11-17)10-15-7-4-12-2-5-14-6-3-12/h2-3,5-6,13,15-16H,4,7-11H2,1H3. The third-order valence-electron chi connectivity index (χ3n) is 3.19. The van der Waals surface area contributed by atoms with E-state index >= 15 is 0 Å². The van der Waals surface area contributed by atoms with Crippen molar-refractivity contribution in [2.45, 2.75) is 12.5 Å². The highest BCUT2D eigenvalue weighted by atomic mass is 15.2. The number of aromatic nitrogens is 1. The summed E-state index contributed by atoms with van der Waals surface area (Å²) in [5, 5.41) is 7.05. The van der Waals surface area contributed by atoms with Gasteiger partial charge >= 0.3 is 0 Å². The minimum absolute atomic E-state index is 0.589. The van der Waals surface area contributed by atoms with E-state index in [4.69, 9.17) is 0 Å². The molecular weight excluding hydrogens is 212 g/mol. The van der Waals surface area contributed by atoms with E-state index in [1.165, 1.54) is 5.56 Å². The Balaban J connectivity index is 1.60. The number of rotatable bonds is 5. The van der Waals surface area contributed by atoms with Crippen molar-refractivity contribution < 1.29 is 0 Å². The molecule has 2 heterocycles. The van der Waals surface area contributed by atoms with Crippen molar-refractivity contribution in [3.8, 4) is 0 Å². The molecule has 2 N–H and O–H groups in total. The largest absolute Gasteiger partial charge is 0.315 e. The molecular formula is C13H22N4. The first-order valence-corrected chi connectivity index (χ1v) is 6.36. The average molecular weight is 234 g/mol. The van der Waals surface area contributed by atoms with Gasteiger partial charge in [-0.2, -0.15) is 0 Å². The molecule has 1 saturated heterocycles. The van der Waals surface area contributed by atoms with E-state index in [1.54, 1.807) is 0 Å². The lowest BCUT2D eigenvalue weighted by atomic mass is 10.2. The van der Waals surface area contributed by atoms with Crippen molar-refractivity contribution in [1.82, 2.24) is 20.5 Å². The van der Waals surface area contributed by atoms with Crippen molar-refractivity contribution in [3.05, 3.63) is 30.1 Å². The smallest absolute Gasteiger partial charge is 0.0320 e. The molecule has 1 unspecified atom stereocenters. The molecule has 4 heteroatoms. The van der Waals surface area contributed by atoms with Gasteiger partial charge in [0.2, 0.25) is 0 Å². The van der Waals surface area contributed by atoms with Gasteiger partial charge in [0.1, 0.15) is 0 Å². The van der Waals surface area contributed by atoms with E-state index in [-0.39, 0.29) is 0 Å². The van der Waals surface area contributed by atoms with Crippen LogP contribution in [-0.4, -0.2) is 55.7 Å². The highest BCUT2D eigenvalue weighted by Crippen LogP contribution is 1.97. The predicted molar refractivity (Wildman–Crippen MR) is 70.1 cm³/mol. The van der Waals surface area contributed by atoms with Gasteiger partial charge in [-0.15, -0.1) is 0 Å². The fourth-order valence-corrected chi connectivity index (χ4v) is 2.19. The average Bonchev–Trinajstić information content (AvgIpc) is 2.36. The van der Waals surface area contributed by atoms with E-state index in [0.717, 1.165) is 39.1 Å². The van der Waals surface area contributed by atoms with Crippen molar-refractivity contribution in [3.63, 3.8) is 0 Å². The Labute approximate surface area is 103 Å². The van der Waals surface area contributed by atoms with E-state index in [1.807, 2.05) is 12.4 Å². The molecule has 0 bridgehead atoms. The summed E-state index contributed by atoms with van der Waals surface area (Å²) in [7, 11) is 2.19. The molecule has 17 heavy (non-hydrogen) atoms. The van der Waals surface area contributed by atoms with Crippen LogP contribution in [0.2, 0.25) is 0 Å². The second-order valence-corrected chi connectivity index (χ2v) is 4.72. The Hall–Kier alpha value is -0.970. The Kier molecular flexibility index (Phi) is 4.91. The monoisotopic (exact) mass is 234 g/mol. The van der Waals surface area contributed by atoms with Crippen LogP contribution in [0, 0.1) is 0 Å². The Morgan fingerprint density at radius 3 is 3.06 bits per heavy atom. The fraction of sp³-hybridized carbons (Fsp3) is 0.615. The Morgan fingerprint density at radius 2 is 2.29 bits per heavy atom. The van der Waals surface area contributed by atoms with Crippen LogP contribution >= 0.6 is 0 Å². The number of hydrogen-bond acceptors (Lipinski definition) is 4. The summed E-state index contributed by atoms with van der Waals surface area (Å²) in [6.07, 6.45) is 4.78. The molecule has 0 aromatic carbocycles. The van der Waals surface area contributed by atoms with Crippen molar-refractivity contribution >= 4 is 0 Å². The van der Waals surface area contributed by atoms with Gasteiger partial charge in [-0.1, -0.05) is 0 Å². The van der Waals surface area contributed by atoms with Crippen LogP contribution in [0.1, 0.15) is 5.56 Å². The zero-order chi connectivity index (χ0) is 11.9. The molecule has 0 spiro atoms. The van der Waals surface area contributed by atoms with E-state index in [2.05, 4.69) is 39.7 Å². The fourth-order valence-electron chi connectivity index (χ4n) is 2.19. The highest BCUT2D eigenvalue weighted by Gasteiger charge is 2.15. The van der Waals surface area contributed by atoms with Gasteiger partial charge in [0.15, 0.2) is 0 Å². The first-order valence-electron chi connectivity index (χ1n) is 6.36. The van der Waals surface area contributed by atoms with Gasteiger partial charge < -0.3 is 15.5 Å². The number of hydrogen-bond donors (Lipinski definition) is 2. The predicted octanol–water partition coefficient (Wildman–Crippen LogP) is 0.117. The summed E-state index contributed by atoms with van der Waals surface area (Å²) >= 11 is 0. The normalized spacial score (nSPS) is 21.6. The van der Waals surface area contributed by atoms with Crippen LogP contribution in [0.5, 0.6) is 0 Å². The van der Waals surface area contributed by atoms with E-state index in [9.17, 15) is 0 Å². The molecule has 4 nitrogen and oxygen atoms in total. The van der Waals surface area contributed by atoms with Gasteiger partial charge in [0.25, 0.3) is 0 Å². The second-order valence-electron chi connectivity index (χ2n) is 4.72. The quantitative estimate of drug-likeness (QED) is 0.710. The molecule has 1 aliphatic rings. The van der Waals surface area contributed by atoms with Gasteiger partial charge in [-0.3, -0.25) is 4.98 Å². The SMILES string of the molecule is CN1CCNC(CNCCc2ccncc2)C1. The zero-order valence-corrected chi connectivity index (χ0v) is 10.5. The number of nitrogens with zero attached hydrogens (tertiary/aromatic N) is 2. The Bertz CT molecular complexity index is 314. The van der Waals surface area contributed by atoms with E-state index < -0.39 is 0 Å². The summed E-state index contributed by atoms with van der Waals surface area (Å²) in [4.78, 5) is 6.40. The number of nitrogens with one attached hydrogen (secondary N) is 2. The lowest BCUT2D eigenvalue weighted by molar-refractivity contribution is 0.235. The molecule has 0 saturated carbocycles. The van der Waals surface area contributed by atoms with Crippen LogP contribution in [0.25, 0.3) is 0 Å². The van der Waals surface area contributed by atoms with Gasteiger partial charge in [-0.05, 0) is 37.7 Å². The molecule has 94 valence electrons. The first-order chi connectivity index (χ1) is 8.34. The van der Waals surface area contributed by atoms with Crippen molar-refractivity contribution in [2.24, 2.45) is 0 Å². The third-order valence-corrected chi connectivity index (χ3v) is 3.19. The number of piperazine rings is 1. The van der Waals surface area contributed by atoms with Gasteiger partial charge in [-0.25, -0.2) is 0 Å². The Morgan fingerprint density at radius 1 is 1.47 bits per heavy atom. The molecule has 0 aliphatic carbocycles. The summed E-state index contributed by atoms with van der Waals surface area (Å²) in [5.41, 5.74) is 1.35. The second kappa shape index (κ2) is 6.69. The molecule has 0 radical (unpaired) electrons. The molecule has 1 aromatic heterocycles. The lowest BCUT2D eigenvalue weighted by Gasteiger charge is -2.31. The molecule has 2 rings (SSSR count). The minimum Gasteiger partial charge on any atom is -0.315 e. The zero-order valence-electron chi connectivity index (χ0n) is 10.5. The lowest BCUT2D eigenvalue weighted by Crippen LogP contribution is -2.53. The molecule has 1 fully saturated rings. The highest BCUT2D eigenvalue weighted by molar-refractivity contribution is 5.09. The van der Waals surface area contributed by atoms with Crippen LogP contribution < -0.4 is 10.6 Å². The van der Waals surface area contributed by atoms with Gasteiger partial charge in [0.05, 0.1) is 0 Å². The maximum Gasteiger partial charge on any atom is 0.0320 e. The maximum absolute atomic E-state index is 4.02. The summed E-state index contributed by atoms with van der Waals surface area (Å²) in [6.45, 7) is 5.49. The molecule has 1 atom stereocenters. The van der Waals surface area contributed by atoms with Crippen LogP contribution in [0.3, 0.4) is 0 Å². The van der Waals surface area contributed by atoms with Crippen molar-refractivity contribution in [2.75, 3.05) is 39.8 Å². The van der Waals surface area contributed by atoms with E-state index in [0.29, 0.717) is 6.04 Å². The summed E-state index contributed by atoms with van der Waals surface area (Å²) < 4.78 is 0. The van der Waals surface area contributed by atoms with Crippen LogP contribution in [0.4, 0.5) is 0 Å². The topological polar surface area (TPSA) is 40.2 Å². The first kappa shape index (κ1) is 12.5. The number of pyridine rings is 1. The summed E-state index contributed by atoms with van der Waals surface area (Å²) in [5.74, 6) is 0. The number of likely N-dealkylation sites (N-methyl/N-ethyl adjacent to an activating group) is 1. The molecule has 1 aromatic rings.